The third-order valence-electron chi connectivity index (χ3n) is 4.76. The van der Waals surface area contributed by atoms with E-state index in [4.69, 9.17) is 9.73 Å². The molecule has 2 aromatic rings. The minimum atomic E-state index is 0. The van der Waals surface area contributed by atoms with Crippen molar-refractivity contribution in [3.63, 3.8) is 0 Å². The summed E-state index contributed by atoms with van der Waals surface area (Å²) in [5.74, 6) is 2.93. The van der Waals surface area contributed by atoms with Gasteiger partial charge in [-0.15, -0.1) is 34.2 Å². The summed E-state index contributed by atoms with van der Waals surface area (Å²) in [4.78, 5) is 6.94. The third kappa shape index (κ3) is 7.53. The number of nitrogens with one attached hydrogen (secondary N) is 1. The molecule has 0 spiro atoms. The maximum absolute atomic E-state index is 5.44. The lowest BCUT2D eigenvalue weighted by Crippen LogP contribution is -2.39. The molecule has 0 unspecified atom stereocenters. The van der Waals surface area contributed by atoms with Crippen LogP contribution in [-0.2, 0) is 31.9 Å². The number of aromatic nitrogens is 5. The number of aryl methyl sites for hydroxylation is 2. The minimum Gasteiger partial charge on any atom is -0.382 e. The lowest BCUT2D eigenvalue weighted by Gasteiger charge is -2.23. The van der Waals surface area contributed by atoms with E-state index >= 15 is 0 Å². The maximum Gasteiger partial charge on any atom is 0.194 e. The molecule has 0 saturated carbocycles. The average molecular weight is 532 g/mol. The number of nitrogens with zero attached hydrogens (tertiary/aromatic N) is 7. The fourth-order valence-electron chi connectivity index (χ4n) is 3.06. The average Bonchev–Trinajstić information content (AvgIpc) is 3.20. The standard InChI is InChI=1S/C20H36N8O.HI/c1-8-29-11-9-10-21-20(22-12-18-24-23-16(4)28(18)7)26(5)13-17-14-27(6)25-19(17)15(2)3;/h14-15H,8-13H2,1-7H3,(H,21,22);1H. The first-order chi connectivity index (χ1) is 13.8. The SMILES string of the molecule is CCOCCCNC(=NCc1nnc(C)n1C)N(C)Cc1cn(C)nc1C(C)C.I. The van der Waals surface area contributed by atoms with Crippen LogP contribution in [0.25, 0.3) is 0 Å². The second-order valence-corrected chi connectivity index (χ2v) is 7.56. The number of hydrogen-bond acceptors (Lipinski definition) is 5. The normalized spacial score (nSPS) is 11.7. The van der Waals surface area contributed by atoms with Crippen LogP contribution in [0.5, 0.6) is 0 Å². The second kappa shape index (κ2) is 12.9. The van der Waals surface area contributed by atoms with Gasteiger partial charge in [0.25, 0.3) is 0 Å². The number of rotatable bonds is 10. The van der Waals surface area contributed by atoms with Crippen molar-refractivity contribution in [3.8, 4) is 0 Å². The lowest BCUT2D eigenvalue weighted by molar-refractivity contribution is 0.145. The molecule has 0 atom stereocenters. The zero-order valence-electron chi connectivity index (χ0n) is 19.3. The quantitative estimate of drug-likeness (QED) is 0.219. The van der Waals surface area contributed by atoms with Gasteiger partial charge in [-0.3, -0.25) is 4.68 Å². The molecule has 9 nitrogen and oxygen atoms in total. The van der Waals surface area contributed by atoms with Crippen molar-refractivity contribution >= 4 is 29.9 Å². The van der Waals surface area contributed by atoms with Gasteiger partial charge in [-0.05, 0) is 26.2 Å². The first-order valence-corrected chi connectivity index (χ1v) is 10.3. The van der Waals surface area contributed by atoms with Crippen molar-refractivity contribution in [2.24, 2.45) is 19.1 Å². The van der Waals surface area contributed by atoms with Crippen LogP contribution in [0, 0.1) is 6.92 Å². The van der Waals surface area contributed by atoms with Crippen molar-refractivity contribution in [2.75, 3.05) is 26.8 Å². The van der Waals surface area contributed by atoms with E-state index in [-0.39, 0.29) is 24.0 Å². The van der Waals surface area contributed by atoms with E-state index in [2.05, 4.69) is 45.6 Å². The predicted octanol–water partition coefficient (Wildman–Crippen LogP) is 2.60. The summed E-state index contributed by atoms with van der Waals surface area (Å²) in [5.41, 5.74) is 2.34. The van der Waals surface area contributed by atoms with Gasteiger partial charge in [0.1, 0.15) is 12.4 Å². The Labute approximate surface area is 197 Å². The van der Waals surface area contributed by atoms with Gasteiger partial charge in [0.15, 0.2) is 11.8 Å². The van der Waals surface area contributed by atoms with Gasteiger partial charge in [0.2, 0.25) is 0 Å². The van der Waals surface area contributed by atoms with Gasteiger partial charge in [0.05, 0.1) is 5.69 Å². The highest BCUT2D eigenvalue weighted by Crippen LogP contribution is 2.18. The van der Waals surface area contributed by atoms with Crippen molar-refractivity contribution < 1.29 is 4.74 Å². The Morgan fingerprint density at radius 3 is 2.63 bits per heavy atom. The minimum absolute atomic E-state index is 0. The van der Waals surface area contributed by atoms with Crippen molar-refractivity contribution in [2.45, 2.75) is 53.1 Å². The Bertz CT molecular complexity index is 799. The number of ether oxygens (including phenoxy) is 1. The number of hydrogen-bond donors (Lipinski definition) is 1. The first-order valence-electron chi connectivity index (χ1n) is 10.3. The summed E-state index contributed by atoms with van der Waals surface area (Å²) in [5, 5.41) is 16.4. The zero-order chi connectivity index (χ0) is 21.4. The van der Waals surface area contributed by atoms with E-state index in [1.807, 2.05) is 44.2 Å². The van der Waals surface area contributed by atoms with Crippen LogP contribution in [0.4, 0.5) is 0 Å². The highest BCUT2D eigenvalue weighted by atomic mass is 127. The monoisotopic (exact) mass is 532 g/mol. The van der Waals surface area contributed by atoms with E-state index < -0.39 is 0 Å². The van der Waals surface area contributed by atoms with Crippen LogP contribution in [0.1, 0.15) is 56.0 Å². The van der Waals surface area contributed by atoms with E-state index in [1.165, 1.54) is 5.56 Å². The molecular formula is C20H37IN8O. The number of halogens is 1. The Hall–Kier alpha value is -1.69. The Balaban J connectivity index is 0.00000450. The molecule has 10 heteroatoms. The molecule has 0 aliphatic rings. The topological polar surface area (TPSA) is 85.4 Å². The van der Waals surface area contributed by atoms with Gasteiger partial charge < -0.3 is 19.5 Å². The molecule has 0 amide bonds. The Morgan fingerprint density at radius 2 is 2.03 bits per heavy atom. The predicted molar refractivity (Wildman–Crippen MR) is 130 cm³/mol. The van der Waals surface area contributed by atoms with E-state index in [0.29, 0.717) is 12.5 Å². The molecule has 2 rings (SSSR count). The molecule has 1 N–H and O–H groups in total. The van der Waals surface area contributed by atoms with Gasteiger partial charge >= 0.3 is 0 Å². The lowest BCUT2D eigenvalue weighted by atomic mass is 10.1. The fraction of sp³-hybridized carbons (Fsp3) is 0.700. The van der Waals surface area contributed by atoms with Crippen LogP contribution in [-0.4, -0.2) is 62.2 Å². The van der Waals surface area contributed by atoms with Crippen LogP contribution in [0.3, 0.4) is 0 Å². The molecule has 0 bridgehead atoms. The summed E-state index contributed by atoms with van der Waals surface area (Å²) in [6.45, 7) is 11.8. The molecule has 2 heterocycles. The van der Waals surface area contributed by atoms with Gasteiger partial charge in [0, 0.05) is 59.2 Å². The summed E-state index contributed by atoms with van der Waals surface area (Å²) in [6, 6.07) is 0. The van der Waals surface area contributed by atoms with Crippen LogP contribution in [0.2, 0.25) is 0 Å². The van der Waals surface area contributed by atoms with Gasteiger partial charge in [-0.25, -0.2) is 4.99 Å². The molecule has 30 heavy (non-hydrogen) atoms. The smallest absolute Gasteiger partial charge is 0.194 e. The van der Waals surface area contributed by atoms with Gasteiger partial charge in [-0.2, -0.15) is 5.10 Å². The van der Waals surface area contributed by atoms with Gasteiger partial charge in [-0.1, -0.05) is 13.8 Å². The molecule has 0 saturated heterocycles. The first kappa shape index (κ1) is 26.3. The van der Waals surface area contributed by atoms with Crippen molar-refractivity contribution in [1.82, 2.24) is 34.8 Å². The molecule has 0 aliphatic carbocycles. The number of guanidine groups is 1. The summed E-state index contributed by atoms with van der Waals surface area (Å²) < 4.78 is 9.29. The highest BCUT2D eigenvalue weighted by molar-refractivity contribution is 14.0. The van der Waals surface area contributed by atoms with Crippen LogP contribution < -0.4 is 5.32 Å². The second-order valence-electron chi connectivity index (χ2n) is 7.56. The zero-order valence-corrected chi connectivity index (χ0v) is 21.7. The highest BCUT2D eigenvalue weighted by Gasteiger charge is 2.15. The third-order valence-corrected chi connectivity index (χ3v) is 4.76. The molecule has 0 radical (unpaired) electrons. The fourth-order valence-corrected chi connectivity index (χ4v) is 3.06. The molecular weight excluding hydrogens is 495 g/mol. The molecule has 0 aliphatic heterocycles. The molecule has 0 aromatic carbocycles. The Kier molecular flexibility index (Phi) is 11.3. The largest absolute Gasteiger partial charge is 0.382 e. The van der Waals surface area contributed by atoms with E-state index in [9.17, 15) is 0 Å². The van der Waals surface area contributed by atoms with Crippen LogP contribution in [0.15, 0.2) is 11.2 Å². The number of aliphatic imine (C=N–C) groups is 1. The van der Waals surface area contributed by atoms with Crippen LogP contribution >= 0.6 is 24.0 Å². The van der Waals surface area contributed by atoms with Crippen molar-refractivity contribution in [3.05, 3.63) is 29.1 Å². The van der Waals surface area contributed by atoms with E-state index in [1.54, 1.807) is 0 Å². The summed E-state index contributed by atoms with van der Waals surface area (Å²) in [7, 11) is 5.98. The van der Waals surface area contributed by atoms with Crippen molar-refractivity contribution in [1.29, 1.82) is 0 Å². The molecule has 0 fully saturated rings. The Morgan fingerprint density at radius 1 is 1.30 bits per heavy atom. The summed E-state index contributed by atoms with van der Waals surface area (Å²) in [6.07, 6.45) is 3.01. The maximum atomic E-state index is 5.44. The van der Waals surface area contributed by atoms with E-state index in [0.717, 1.165) is 56.0 Å². The molecule has 2 aromatic heterocycles. The summed E-state index contributed by atoms with van der Waals surface area (Å²) >= 11 is 0. The molecule has 170 valence electrons.